The minimum atomic E-state index is -1.41. The number of benzene rings is 1. The summed E-state index contributed by atoms with van der Waals surface area (Å²) < 4.78 is 19.9. The molecule has 1 aliphatic rings. The average molecular weight is 422 g/mol. The smallest absolute Gasteiger partial charge is 0.409 e. The van der Waals surface area contributed by atoms with Crippen molar-refractivity contribution in [2.45, 2.75) is 38.1 Å². The van der Waals surface area contributed by atoms with Crippen molar-refractivity contribution in [2.24, 2.45) is 11.5 Å². The number of carbonyl (C=O) groups excluding carboxylic acids is 1. The Hall–Kier alpha value is -2.42. The molecule has 156 valence electrons. The second-order valence-electron chi connectivity index (χ2n) is 7.41. The van der Waals surface area contributed by atoms with Crippen LogP contribution in [0.4, 0.5) is 15.0 Å². The molecule has 1 aromatic heterocycles. The number of ether oxygens (including phenoxy) is 1. The van der Waals surface area contributed by atoms with Gasteiger partial charge in [-0.3, -0.25) is 16.8 Å². The fourth-order valence-electron chi connectivity index (χ4n) is 3.39. The maximum atomic E-state index is 14.9. The van der Waals surface area contributed by atoms with E-state index in [1.54, 1.807) is 0 Å². The highest BCUT2D eigenvalue weighted by molar-refractivity contribution is 6.30. The zero-order valence-electron chi connectivity index (χ0n) is 16.2. The third-order valence-electron chi connectivity index (χ3n) is 4.80. The standard InChI is InChI=1S/C20H25ClFN5O2/c1-20(23,24)26-19(28)29-12-15-5-8-25-18(17(15)22)27-9-6-13(7-10-27)14-3-2-4-16(21)11-14/h2-5,8,11,13H,6-7,9-10,12,23-24H2,1H3,(H,26,28). The van der Waals surface area contributed by atoms with Gasteiger partial charge in [0.05, 0.1) is 0 Å². The minimum Gasteiger partial charge on any atom is -0.445 e. The van der Waals surface area contributed by atoms with Gasteiger partial charge in [0.1, 0.15) is 12.4 Å². The number of pyridine rings is 1. The molecule has 0 atom stereocenters. The molecule has 0 spiro atoms. The van der Waals surface area contributed by atoms with Crippen molar-refractivity contribution < 1.29 is 13.9 Å². The van der Waals surface area contributed by atoms with Crippen molar-refractivity contribution in [3.8, 4) is 0 Å². The number of halogens is 2. The molecule has 2 aromatic rings. The number of nitrogens with two attached hydrogens (primary N) is 2. The van der Waals surface area contributed by atoms with Crippen molar-refractivity contribution >= 4 is 23.5 Å². The second-order valence-corrected chi connectivity index (χ2v) is 7.84. The molecular formula is C20H25ClFN5O2. The molecule has 1 saturated heterocycles. The van der Waals surface area contributed by atoms with E-state index >= 15 is 0 Å². The first-order valence-corrected chi connectivity index (χ1v) is 9.77. The highest BCUT2D eigenvalue weighted by atomic mass is 35.5. The van der Waals surface area contributed by atoms with E-state index in [9.17, 15) is 9.18 Å². The Morgan fingerprint density at radius 2 is 2.10 bits per heavy atom. The second kappa shape index (κ2) is 8.94. The first-order valence-electron chi connectivity index (χ1n) is 9.39. The summed E-state index contributed by atoms with van der Waals surface area (Å²) in [5.41, 5.74) is 12.4. The Morgan fingerprint density at radius 3 is 2.76 bits per heavy atom. The molecule has 2 heterocycles. The summed E-state index contributed by atoms with van der Waals surface area (Å²) >= 11 is 6.09. The van der Waals surface area contributed by atoms with E-state index in [-0.39, 0.29) is 18.0 Å². The summed E-state index contributed by atoms with van der Waals surface area (Å²) in [7, 11) is 0. The highest BCUT2D eigenvalue weighted by Gasteiger charge is 2.25. The van der Waals surface area contributed by atoms with Crippen LogP contribution in [0.3, 0.4) is 0 Å². The fourth-order valence-corrected chi connectivity index (χ4v) is 3.59. The number of nitrogens with zero attached hydrogens (tertiary/aromatic N) is 2. The Labute approximate surface area is 174 Å². The number of aromatic nitrogens is 1. The minimum absolute atomic E-state index is 0.234. The molecular weight excluding hydrogens is 397 g/mol. The first-order chi connectivity index (χ1) is 13.7. The predicted octanol–water partition coefficient (Wildman–Crippen LogP) is 3.08. The average Bonchev–Trinajstić information content (AvgIpc) is 2.66. The molecule has 0 bridgehead atoms. The van der Waals surface area contributed by atoms with Gasteiger partial charge in [-0.2, -0.15) is 0 Å². The Morgan fingerprint density at radius 1 is 1.38 bits per heavy atom. The van der Waals surface area contributed by atoms with Gasteiger partial charge < -0.3 is 9.64 Å². The molecule has 0 radical (unpaired) electrons. The number of hydrogen-bond donors (Lipinski definition) is 3. The van der Waals surface area contributed by atoms with Crippen LogP contribution in [-0.2, 0) is 11.3 Å². The van der Waals surface area contributed by atoms with E-state index in [1.165, 1.54) is 24.8 Å². The fraction of sp³-hybridized carbons (Fsp3) is 0.400. The van der Waals surface area contributed by atoms with Gasteiger partial charge in [-0.15, -0.1) is 0 Å². The van der Waals surface area contributed by atoms with E-state index in [1.807, 2.05) is 23.1 Å². The molecule has 0 unspecified atom stereocenters. The van der Waals surface area contributed by atoms with Crippen LogP contribution in [0.1, 0.15) is 36.8 Å². The molecule has 3 rings (SSSR count). The zero-order valence-corrected chi connectivity index (χ0v) is 17.0. The molecule has 9 heteroatoms. The maximum Gasteiger partial charge on any atom is 0.409 e. The lowest BCUT2D eigenvalue weighted by Gasteiger charge is -2.33. The lowest BCUT2D eigenvalue weighted by Crippen LogP contribution is -2.60. The molecule has 29 heavy (non-hydrogen) atoms. The number of hydrogen-bond acceptors (Lipinski definition) is 6. The number of amides is 1. The lowest BCUT2D eigenvalue weighted by atomic mass is 9.89. The number of alkyl carbamates (subject to hydrolysis) is 1. The van der Waals surface area contributed by atoms with Crippen molar-refractivity contribution in [1.29, 1.82) is 0 Å². The summed E-state index contributed by atoms with van der Waals surface area (Å²) in [4.78, 5) is 17.8. The molecule has 7 nitrogen and oxygen atoms in total. The summed E-state index contributed by atoms with van der Waals surface area (Å²) in [6.07, 6.45) is 2.43. The molecule has 0 aliphatic carbocycles. The number of piperidine rings is 1. The van der Waals surface area contributed by atoms with Crippen LogP contribution in [0.5, 0.6) is 0 Å². The topological polar surface area (TPSA) is 106 Å². The lowest BCUT2D eigenvalue weighted by molar-refractivity contribution is 0.128. The van der Waals surface area contributed by atoms with Crippen LogP contribution in [-0.4, -0.2) is 30.0 Å². The van der Waals surface area contributed by atoms with E-state index in [0.29, 0.717) is 19.0 Å². The number of anilines is 1. The monoisotopic (exact) mass is 421 g/mol. The highest BCUT2D eigenvalue weighted by Crippen LogP contribution is 2.32. The molecule has 1 amide bonds. The predicted molar refractivity (Wildman–Crippen MR) is 110 cm³/mol. The van der Waals surface area contributed by atoms with Gasteiger partial charge in [-0.05, 0) is 49.4 Å². The normalized spacial score (nSPS) is 15.3. The molecule has 1 aromatic carbocycles. The third-order valence-corrected chi connectivity index (χ3v) is 5.03. The van der Waals surface area contributed by atoms with Gasteiger partial charge in [0.25, 0.3) is 0 Å². The van der Waals surface area contributed by atoms with Crippen LogP contribution in [0, 0.1) is 5.82 Å². The van der Waals surface area contributed by atoms with Gasteiger partial charge in [0.15, 0.2) is 11.6 Å². The van der Waals surface area contributed by atoms with Gasteiger partial charge in [-0.25, -0.2) is 14.2 Å². The zero-order chi connectivity index (χ0) is 21.0. The van der Waals surface area contributed by atoms with Crippen molar-refractivity contribution in [3.63, 3.8) is 0 Å². The number of rotatable bonds is 5. The van der Waals surface area contributed by atoms with Crippen LogP contribution in [0.15, 0.2) is 36.5 Å². The van der Waals surface area contributed by atoms with E-state index < -0.39 is 17.7 Å². The van der Waals surface area contributed by atoms with Crippen LogP contribution < -0.4 is 21.7 Å². The Bertz CT molecular complexity index is 866. The number of carbonyl (C=O) groups is 1. The van der Waals surface area contributed by atoms with Gasteiger partial charge in [0.2, 0.25) is 0 Å². The molecule has 0 saturated carbocycles. The summed E-state index contributed by atoms with van der Waals surface area (Å²) in [5.74, 6) is -1.26. The van der Waals surface area contributed by atoms with Gasteiger partial charge in [-0.1, -0.05) is 23.7 Å². The van der Waals surface area contributed by atoms with Crippen LogP contribution in [0.2, 0.25) is 5.02 Å². The number of nitrogens with one attached hydrogen (secondary N) is 1. The van der Waals surface area contributed by atoms with Crippen molar-refractivity contribution in [3.05, 3.63) is 58.5 Å². The van der Waals surface area contributed by atoms with Gasteiger partial charge >= 0.3 is 6.09 Å². The largest absolute Gasteiger partial charge is 0.445 e. The van der Waals surface area contributed by atoms with Crippen LogP contribution in [0.25, 0.3) is 0 Å². The quantitative estimate of drug-likeness (QED) is 0.640. The Balaban J connectivity index is 1.62. The van der Waals surface area contributed by atoms with Crippen molar-refractivity contribution in [1.82, 2.24) is 10.3 Å². The van der Waals surface area contributed by atoms with Crippen molar-refractivity contribution in [2.75, 3.05) is 18.0 Å². The van der Waals surface area contributed by atoms with Gasteiger partial charge in [0, 0.05) is 29.9 Å². The molecule has 1 aliphatic heterocycles. The van der Waals surface area contributed by atoms with E-state index in [4.69, 9.17) is 27.8 Å². The summed E-state index contributed by atoms with van der Waals surface area (Å²) in [6, 6.07) is 9.34. The summed E-state index contributed by atoms with van der Waals surface area (Å²) in [6.45, 7) is 2.50. The molecule has 1 fully saturated rings. The molecule has 5 N–H and O–H groups in total. The summed E-state index contributed by atoms with van der Waals surface area (Å²) in [5, 5.41) is 2.97. The first kappa shape index (κ1) is 21.3. The Kier molecular flexibility index (Phi) is 6.56. The SMILES string of the molecule is CC(N)(N)NC(=O)OCc1ccnc(N2CCC(c3cccc(Cl)c3)CC2)c1F. The van der Waals surface area contributed by atoms with E-state index in [0.717, 1.165) is 17.9 Å². The van der Waals surface area contributed by atoms with Crippen LogP contribution >= 0.6 is 11.6 Å². The maximum absolute atomic E-state index is 14.9. The third kappa shape index (κ3) is 5.79. The van der Waals surface area contributed by atoms with E-state index in [2.05, 4.69) is 16.4 Å².